The number of piperidine rings is 1. The molecule has 9 heteroatoms. The van der Waals surface area contributed by atoms with Crippen molar-refractivity contribution in [2.24, 2.45) is 0 Å². The van der Waals surface area contributed by atoms with Crippen LogP contribution in [0.1, 0.15) is 26.7 Å². The molecule has 0 bridgehead atoms. The SMILES string of the molecule is [2H]C(c1ccc(F)c(C#N)c1)N1CCC([2H])(N([2H])c2ncnc3nc(Cl)sc23)CC1. The van der Waals surface area contributed by atoms with Crippen LogP contribution in [-0.2, 0) is 6.52 Å². The van der Waals surface area contributed by atoms with Crippen LogP contribution in [0.3, 0.4) is 0 Å². The Labute approximate surface area is 168 Å². The van der Waals surface area contributed by atoms with E-state index in [4.69, 9.17) is 21.0 Å². The number of fused-ring (bicyclic) bond motifs is 1. The first-order chi connectivity index (χ1) is 14.3. The van der Waals surface area contributed by atoms with E-state index < -0.39 is 18.4 Å². The summed E-state index contributed by atoms with van der Waals surface area (Å²) in [6.07, 6.45) is 1.90. The Balaban J connectivity index is 1.51. The van der Waals surface area contributed by atoms with E-state index in [9.17, 15) is 4.39 Å². The highest BCUT2D eigenvalue weighted by Gasteiger charge is 2.21. The van der Waals surface area contributed by atoms with Crippen LogP contribution < -0.4 is 5.31 Å². The third-order valence-corrected chi connectivity index (χ3v) is 5.37. The molecule has 3 heterocycles. The van der Waals surface area contributed by atoms with Crippen molar-refractivity contribution >= 4 is 39.1 Å². The summed E-state index contributed by atoms with van der Waals surface area (Å²) in [5, 5.41) is 10.1. The quantitative estimate of drug-likeness (QED) is 0.710. The van der Waals surface area contributed by atoms with Gasteiger partial charge in [0.1, 0.15) is 28.7 Å². The number of nitriles is 1. The molecule has 0 amide bonds. The van der Waals surface area contributed by atoms with Crippen molar-refractivity contribution < 1.29 is 8.54 Å². The number of hydrogen-bond donors (Lipinski definition) is 1. The van der Waals surface area contributed by atoms with Gasteiger partial charge in [0.25, 0.3) is 0 Å². The van der Waals surface area contributed by atoms with Crippen molar-refractivity contribution in [3.8, 4) is 6.07 Å². The molecule has 6 nitrogen and oxygen atoms in total. The van der Waals surface area contributed by atoms with E-state index in [2.05, 4.69) is 15.0 Å². The Kier molecular flexibility index (Phi) is 4.20. The van der Waals surface area contributed by atoms with E-state index in [-0.39, 0.29) is 11.4 Å². The molecular weight excluding hydrogens is 387 g/mol. The Hall–Kier alpha value is -2.34. The van der Waals surface area contributed by atoms with Gasteiger partial charge in [0.2, 0.25) is 0 Å². The van der Waals surface area contributed by atoms with Gasteiger partial charge in [-0.15, -0.1) is 0 Å². The van der Waals surface area contributed by atoms with Crippen molar-refractivity contribution in [3.05, 3.63) is 45.9 Å². The summed E-state index contributed by atoms with van der Waals surface area (Å²) >= 11 is 7.13. The molecule has 1 saturated heterocycles. The predicted molar refractivity (Wildman–Crippen MR) is 103 cm³/mol. The maximum Gasteiger partial charge on any atom is 0.186 e. The van der Waals surface area contributed by atoms with Crippen LogP contribution in [0.2, 0.25) is 5.88 Å². The van der Waals surface area contributed by atoms with Crippen LogP contribution >= 0.6 is 22.9 Å². The van der Waals surface area contributed by atoms with Gasteiger partial charge in [-0.25, -0.2) is 19.3 Å². The van der Waals surface area contributed by atoms with Crippen molar-refractivity contribution in [2.45, 2.75) is 25.4 Å². The topological polar surface area (TPSA) is 77.7 Å². The molecule has 27 heavy (non-hydrogen) atoms. The number of halogens is 2. The number of aromatic nitrogens is 3. The number of nitrogens with one attached hydrogen (secondary N) is 1. The highest BCUT2D eigenvalue weighted by atomic mass is 35.5. The molecule has 1 N–H and O–H groups in total. The van der Waals surface area contributed by atoms with Crippen molar-refractivity contribution in [2.75, 3.05) is 18.4 Å². The van der Waals surface area contributed by atoms with Gasteiger partial charge >= 0.3 is 0 Å². The van der Waals surface area contributed by atoms with Crippen LogP contribution in [0.15, 0.2) is 24.5 Å². The van der Waals surface area contributed by atoms with E-state index >= 15 is 0 Å². The van der Waals surface area contributed by atoms with E-state index in [1.54, 1.807) is 6.07 Å². The van der Waals surface area contributed by atoms with Crippen molar-refractivity contribution in [1.82, 2.24) is 19.9 Å². The standard InChI is InChI=1S/C18H16ClFN6S/c19-18-25-17-15(27-18)16(22-10-23-17)24-13-3-5-26(6-4-13)9-11-1-2-14(20)12(7-11)8-21/h1-2,7,10,13H,3-6,9H2,(H,22,23,24)/i9D,13D/hD. The van der Waals surface area contributed by atoms with Gasteiger partial charge in [-0.1, -0.05) is 29.0 Å². The van der Waals surface area contributed by atoms with Gasteiger partial charge in [0.05, 0.1) is 6.93 Å². The Morgan fingerprint density at radius 1 is 1.48 bits per heavy atom. The lowest BCUT2D eigenvalue weighted by atomic mass is 10.0. The van der Waals surface area contributed by atoms with E-state index in [1.165, 1.54) is 24.5 Å². The van der Waals surface area contributed by atoms with Crippen LogP contribution in [0.25, 0.3) is 10.3 Å². The third kappa shape index (κ3) is 4.00. The number of rotatable bonds is 4. The normalized spacial score (nSPS) is 19.7. The van der Waals surface area contributed by atoms with Crippen LogP contribution in [0, 0.1) is 17.1 Å². The fraction of sp³-hybridized carbons (Fsp3) is 0.333. The lowest BCUT2D eigenvalue weighted by Gasteiger charge is -2.32. The number of hydrogen-bond acceptors (Lipinski definition) is 7. The van der Waals surface area contributed by atoms with Gasteiger partial charge in [-0.05, 0) is 30.5 Å². The van der Waals surface area contributed by atoms with E-state index in [0.29, 0.717) is 46.3 Å². The molecule has 138 valence electrons. The first-order valence-corrected chi connectivity index (χ1v) is 9.44. The van der Waals surface area contributed by atoms with Crippen LogP contribution in [-0.4, -0.2) is 39.0 Å². The Morgan fingerprint density at radius 3 is 3.07 bits per heavy atom. The maximum absolute atomic E-state index is 13.6. The van der Waals surface area contributed by atoms with Gasteiger partial charge in [0, 0.05) is 27.0 Å². The fourth-order valence-corrected chi connectivity index (χ4v) is 3.88. The first-order valence-electron chi connectivity index (χ1n) is 9.77. The van der Waals surface area contributed by atoms with Gasteiger partial charge in [-0.2, -0.15) is 5.26 Å². The second kappa shape index (κ2) is 7.72. The zero-order chi connectivity index (χ0) is 21.5. The van der Waals surface area contributed by atoms with Gasteiger partial charge < -0.3 is 5.31 Å². The molecule has 1 aliphatic rings. The summed E-state index contributed by atoms with van der Waals surface area (Å²) in [6.45, 7) is 0.000952. The summed E-state index contributed by atoms with van der Waals surface area (Å²) in [6, 6.07) is 4.63. The third-order valence-electron chi connectivity index (χ3n) is 4.23. The monoisotopic (exact) mass is 405 g/mol. The van der Waals surface area contributed by atoms with Crippen molar-refractivity contribution in [1.29, 1.82) is 5.26 Å². The number of thiazole rings is 1. The molecule has 0 radical (unpaired) electrons. The number of benzene rings is 1. The molecular formula is C18H16ClFN6S. The molecule has 3 aromatic rings. The average molecular weight is 406 g/mol. The van der Waals surface area contributed by atoms with Crippen LogP contribution in [0.5, 0.6) is 0 Å². The average Bonchev–Trinajstić information content (AvgIpc) is 3.14. The summed E-state index contributed by atoms with van der Waals surface area (Å²) in [5.74, 6) is -0.325. The maximum atomic E-state index is 13.6. The molecule has 4 rings (SSSR count). The summed E-state index contributed by atoms with van der Waals surface area (Å²) in [4.78, 5) is 14.2. The second-order valence-electron chi connectivity index (χ2n) is 6.01. The number of likely N-dealkylation sites (tertiary alicyclic amines) is 1. The second-order valence-corrected chi connectivity index (χ2v) is 7.59. The number of anilines is 1. The predicted octanol–water partition coefficient (Wildman–Crippen LogP) is 3.83. The fourth-order valence-electron chi connectivity index (χ4n) is 2.89. The first kappa shape index (κ1) is 14.7. The minimum absolute atomic E-state index is 0.0927. The lowest BCUT2D eigenvalue weighted by Crippen LogP contribution is -2.38. The zero-order valence-electron chi connectivity index (χ0n) is 17.1. The highest BCUT2D eigenvalue weighted by molar-refractivity contribution is 7.22. The molecule has 0 aliphatic carbocycles. The molecule has 1 aromatic carbocycles. The number of nitrogens with zero attached hydrogens (tertiary/aromatic N) is 5. The summed E-state index contributed by atoms with van der Waals surface area (Å²) < 4.78 is 40.3. The van der Waals surface area contributed by atoms with Crippen molar-refractivity contribution in [3.63, 3.8) is 0 Å². The molecule has 0 saturated carbocycles. The smallest absolute Gasteiger partial charge is 0.186 e. The van der Waals surface area contributed by atoms with E-state index in [1.807, 2.05) is 4.90 Å². The molecule has 1 unspecified atom stereocenters. The molecule has 0 spiro atoms. The highest BCUT2D eigenvalue weighted by Crippen LogP contribution is 2.30. The van der Waals surface area contributed by atoms with E-state index in [0.717, 1.165) is 16.6 Å². The summed E-state index contributed by atoms with van der Waals surface area (Å²) in [7, 11) is 0. The minimum Gasteiger partial charge on any atom is -0.366 e. The van der Waals surface area contributed by atoms with Gasteiger partial charge in [-0.3, -0.25) is 4.90 Å². The molecule has 1 aliphatic heterocycles. The zero-order valence-corrected chi connectivity index (χ0v) is 15.6. The lowest BCUT2D eigenvalue weighted by molar-refractivity contribution is 0.211. The van der Waals surface area contributed by atoms with Crippen LogP contribution in [0.4, 0.5) is 10.2 Å². The Bertz CT molecular complexity index is 1130. The molecule has 2 aromatic heterocycles. The minimum atomic E-state index is -1.24. The molecule has 1 atom stereocenters. The largest absolute Gasteiger partial charge is 0.366 e. The molecule has 1 fully saturated rings. The Morgan fingerprint density at radius 2 is 2.30 bits per heavy atom. The van der Waals surface area contributed by atoms with Gasteiger partial charge in [0.15, 0.2) is 11.5 Å². The summed E-state index contributed by atoms with van der Waals surface area (Å²) in [5.41, 5.74) is 0.819.